The zero-order valence-corrected chi connectivity index (χ0v) is 18.6. The number of esters is 1. The number of carboxylic acid groups (broad SMARTS) is 1. The normalized spacial score (nSPS) is 20.9. The van der Waals surface area contributed by atoms with Crippen molar-refractivity contribution < 1.29 is 19.4 Å². The van der Waals surface area contributed by atoms with Crippen molar-refractivity contribution in [1.82, 2.24) is 0 Å². The van der Waals surface area contributed by atoms with Crippen molar-refractivity contribution in [3.8, 4) is 0 Å². The SMILES string of the molecule is CCCCCCC(CCCCCCC(C)C)OC(=O)C1CCCC(C(=O)O)C1. The monoisotopic (exact) mass is 396 g/mol. The van der Waals surface area contributed by atoms with Crippen molar-refractivity contribution >= 4 is 11.9 Å². The molecule has 1 N–H and O–H groups in total. The summed E-state index contributed by atoms with van der Waals surface area (Å²) in [6.07, 6.45) is 15.6. The maximum absolute atomic E-state index is 12.7. The summed E-state index contributed by atoms with van der Waals surface area (Å²) in [5.74, 6) is -0.743. The molecular weight excluding hydrogens is 352 g/mol. The quantitative estimate of drug-likeness (QED) is 0.245. The fourth-order valence-corrected chi connectivity index (χ4v) is 4.23. The highest BCUT2D eigenvalue weighted by molar-refractivity contribution is 5.75. The van der Waals surface area contributed by atoms with Crippen LogP contribution in [-0.4, -0.2) is 23.1 Å². The van der Waals surface area contributed by atoms with Crippen LogP contribution in [0.25, 0.3) is 0 Å². The molecule has 0 aliphatic heterocycles. The number of hydrogen-bond donors (Lipinski definition) is 1. The zero-order valence-electron chi connectivity index (χ0n) is 18.6. The van der Waals surface area contributed by atoms with E-state index in [1.165, 1.54) is 44.9 Å². The number of aliphatic carboxylic acids is 1. The molecule has 0 radical (unpaired) electrons. The van der Waals surface area contributed by atoms with Gasteiger partial charge in [-0.25, -0.2) is 0 Å². The van der Waals surface area contributed by atoms with Gasteiger partial charge in [-0.3, -0.25) is 9.59 Å². The summed E-state index contributed by atoms with van der Waals surface area (Å²) >= 11 is 0. The van der Waals surface area contributed by atoms with Crippen LogP contribution in [0.15, 0.2) is 0 Å². The molecule has 0 aromatic heterocycles. The van der Waals surface area contributed by atoms with Crippen LogP contribution >= 0.6 is 0 Å². The molecule has 3 atom stereocenters. The molecule has 1 rings (SSSR count). The Morgan fingerprint density at radius 2 is 1.46 bits per heavy atom. The van der Waals surface area contributed by atoms with Crippen molar-refractivity contribution in [3.05, 3.63) is 0 Å². The summed E-state index contributed by atoms with van der Waals surface area (Å²) in [5, 5.41) is 9.26. The van der Waals surface area contributed by atoms with Crippen LogP contribution in [0.2, 0.25) is 0 Å². The lowest BCUT2D eigenvalue weighted by Crippen LogP contribution is -2.31. The molecule has 3 unspecified atom stereocenters. The Kier molecular flexibility index (Phi) is 13.3. The third-order valence-electron chi connectivity index (χ3n) is 6.08. The van der Waals surface area contributed by atoms with Gasteiger partial charge in [0.05, 0.1) is 11.8 Å². The molecule has 1 saturated carbocycles. The second-order valence-electron chi connectivity index (χ2n) is 9.19. The average Bonchev–Trinajstić information content (AvgIpc) is 2.67. The highest BCUT2D eigenvalue weighted by Gasteiger charge is 2.32. The van der Waals surface area contributed by atoms with Crippen LogP contribution in [0, 0.1) is 17.8 Å². The van der Waals surface area contributed by atoms with Gasteiger partial charge in [-0.1, -0.05) is 72.1 Å². The molecule has 1 aliphatic rings. The molecule has 28 heavy (non-hydrogen) atoms. The lowest BCUT2D eigenvalue weighted by molar-refractivity contribution is -0.158. The molecule has 164 valence electrons. The summed E-state index contributed by atoms with van der Waals surface area (Å²) in [4.78, 5) is 23.9. The van der Waals surface area contributed by atoms with Crippen molar-refractivity contribution in [2.75, 3.05) is 0 Å². The van der Waals surface area contributed by atoms with Gasteiger partial charge in [0.25, 0.3) is 0 Å². The third kappa shape index (κ3) is 11.1. The minimum atomic E-state index is -0.769. The molecule has 4 heteroatoms. The number of carbonyl (C=O) groups excluding carboxylic acids is 1. The first-order chi connectivity index (χ1) is 13.4. The molecule has 0 spiro atoms. The van der Waals surface area contributed by atoms with Gasteiger partial charge in [-0.05, 0) is 50.9 Å². The second kappa shape index (κ2) is 14.9. The minimum absolute atomic E-state index is 0.0136. The van der Waals surface area contributed by atoms with E-state index in [9.17, 15) is 14.7 Å². The zero-order chi connectivity index (χ0) is 20.8. The predicted molar refractivity (Wildman–Crippen MR) is 114 cm³/mol. The van der Waals surface area contributed by atoms with E-state index in [1.54, 1.807) is 0 Å². The number of ether oxygens (including phenoxy) is 1. The van der Waals surface area contributed by atoms with E-state index in [0.717, 1.165) is 44.4 Å². The maximum Gasteiger partial charge on any atom is 0.309 e. The molecule has 0 aromatic carbocycles. The van der Waals surface area contributed by atoms with Gasteiger partial charge in [0.2, 0.25) is 0 Å². The number of carboxylic acids is 1. The van der Waals surface area contributed by atoms with Crippen LogP contribution in [0.1, 0.15) is 117 Å². The molecule has 0 amide bonds. The Morgan fingerprint density at radius 3 is 2.04 bits per heavy atom. The molecule has 4 nitrogen and oxygen atoms in total. The lowest BCUT2D eigenvalue weighted by atomic mass is 9.81. The summed E-state index contributed by atoms with van der Waals surface area (Å²) < 4.78 is 5.91. The molecular formula is C24H44O4. The highest BCUT2D eigenvalue weighted by Crippen LogP contribution is 2.31. The van der Waals surface area contributed by atoms with Crippen molar-refractivity contribution in [3.63, 3.8) is 0 Å². The number of unbranched alkanes of at least 4 members (excludes halogenated alkanes) is 6. The standard InChI is InChI=1S/C24H44O4/c1-4-5-6-10-16-22(17-11-8-7-9-13-19(2)3)28-24(27)21-15-12-14-20(18-21)23(25)26/h19-22H,4-18H2,1-3H3,(H,25,26). The van der Waals surface area contributed by atoms with Crippen LogP contribution in [0.4, 0.5) is 0 Å². The first kappa shape index (κ1) is 25.0. The van der Waals surface area contributed by atoms with E-state index >= 15 is 0 Å². The van der Waals surface area contributed by atoms with Gasteiger partial charge in [0.15, 0.2) is 0 Å². The van der Waals surface area contributed by atoms with E-state index in [-0.39, 0.29) is 23.9 Å². The first-order valence-electron chi connectivity index (χ1n) is 11.9. The third-order valence-corrected chi connectivity index (χ3v) is 6.08. The first-order valence-corrected chi connectivity index (χ1v) is 11.9. The summed E-state index contributed by atoms with van der Waals surface area (Å²) in [5.41, 5.74) is 0. The lowest BCUT2D eigenvalue weighted by Gasteiger charge is -2.27. The maximum atomic E-state index is 12.7. The Bertz CT molecular complexity index is 432. The summed E-state index contributed by atoms with van der Waals surface area (Å²) in [7, 11) is 0. The van der Waals surface area contributed by atoms with Crippen molar-refractivity contribution in [2.24, 2.45) is 17.8 Å². The van der Waals surface area contributed by atoms with E-state index in [2.05, 4.69) is 20.8 Å². The molecule has 1 aliphatic carbocycles. The molecule has 0 bridgehead atoms. The summed E-state index contributed by atoms with van der Waals surface area (Å²) in [6.45, 7) is 6.74. The van der Waals surface area contributed by atoms with Crippen LogP contribution < -0.4 is 0 Å². The van der Waals surface area contributed by atoms with Gasteiger partial charge in [0, 0.05) is 0 Å². The molecule has 1 fully saturated rings. The van der Waals surface area contributed by atoms with Crippen LogP contribution in [-0.2, 0) is 14.3 Å². The Morgan fingerprint density at radius 1 is 0.893 bits per heavy atom. The van der Waals surface area contributed by atoms with Crippen LogP contribution in [0.5, 0.6) is 0 Å². The molecule has 0 saturated heterocycles. The van der Waals surface area contributed by atoms with Crippen molar-refractivity contribution in [1.29, 1.82) is 0 Å². The minimum Gasteiger partial charge on any atom is -0.481 e. The second-order valence-corrected chi connectivity index (χ2v) is 9.19. The van der Waals surface area contributed by atoms with Gasteiger partial charge in [0.1, 0.15) is 6.10 Å². The number of carbonyl (C=O) groups is 2. The fraction of sp³-hybridized carbons (Fsp3) is 0.917. The van der Waals surface area contributed by atoms with Crippen molar-refractivity contribution in [2.45, 2.75) is 123 Å². The molecule has 0 aromatic rings. The number of rotatable bonds is 15. The van der Waals surface area contributed by atoms with Gasteiger partial charge in [-0.15, -0.1) is 0 Å². The topological polar surface area (TPSA) is 63.6 Å². The van der Waals surface area contributed by atoms with Gasteiger partial charge >= 0.3 is 11.9 Å². The number of hydrogen-bond acceptors (Lipinski definition) is 3. The van der Waals surface area contributed by atoms with E-state index < -0.39 is 5.97 Å². The summed E-state index contributed by atoms with van der Waals surface area (Å²) in [6, 6.07) is 0. The largest absolute Gasteiger partial charge is 0.481 e. The fourth-order valence-electron chi connectivity index (χ4n) is 4.23. The average molecular weight is 397 g/mol. The van der Waals surface area contributed by atoms with Crippen LogP contribution in [0.3, 0.4) is 0 Å². The Labute approximate surface area is 172 Å². The Balaban J connectivity index is 2.41. The Hall–Kier alpha value is -1.06. The molecule has 0 heterocycles. The van der Waals surface area contributed by atoms with E-state index in [4.69, 9.17) is 4.74 Å². The van der Waals surface area contributed by atoms with E-state index in [1.807, 2.05) is 0 Å². The predicted octanol–water partition coefficient (Wildman–Crippen LogP) is 6.76. The van der Waals surface area contributed by atoms with E-state index in [0.29, 0.717) is 12.8 Å². The van der Waals surface area contributed by atoms with Gasteiger partial charge < -0.3 is 9.84 Å². The smallest absolute Gasteiger partial charge is 0.309 e. The van der Waals surface area contributed by atoms with Gasteiger partial charge in [-0.2, -0.15) is 0 Å². The highest BCUT2D eigenvalue weighted by atomic mass is 16.5.